The molecule has 1 aromatic heterocycles. The van der Waals surface area contributed by atoms with E-state index in [1.807, 2.05) is 6.92 Å². The van der Waals surface area contributed by atoms with Crippen LogP contribution < -0.4 is 10.5 Å². The number of nitrogens with zero attached hydrogens (tertiary/aromatic N) is 1. The Balaban J connectivity index is 2.09. The van der Waals surface area contributed by atoms with Gasteiger partial charge in [-0.1, -0.05) is 13.8 Å². The Morgan fingerprint density at radius 2 is 2.05 bits per heavy atom. The van der Waals surface area contributed by atoms with E-state index in [2.05, 4.69) is 18.8 Å². The van der Waals surface area contributed by atoms with E-state index in [1.54, 1.807) is 12.1 Å². The Hall–Kier alpha value is -1.58. The molecule has 104 valence electrons. The van der Waals surface area contributed by atoms with Crippen molar-refractivity contribution in [3.8, 4) is 5.88 Å². The third-order valence-electron chi connectivity index (χ3n) is 4.08. The zero-order chi connectivity index (χ0) is 14.0. The lowest BCUT2D eigenvalue weighted by molar-refractivity contribution is 0.0963. The second-order valence-electron chi connectivity index (χ2n) is 5.76. The van der Waals surface area contributed by atoms with E-state index in [1.165, 1.54) is 6.42 Å². The first-order chi connectivity index (χ1) is 8.95. The lowest BCUT2D eigenvalue weighted by Crippen LogP contribution is -2.29. The highest BCUT2D eigenvalue weighted by Gasteiger charge is 2.26. The van der Waals surface area contributed by atoms with Crippen molar-refractivity contribution in [2.75, 3.05) is 0 Å². The van der Waals surface area contributed by atoms with Crippen LogP contribution in [0.3, 0.4) is 0 Å². The summed E-state index contributed by atoms with van der Waals surface area (Å²) in [7, 11) is 0. The summed E-state index contributed by atoms with van der Waals surface area (Å²) in [4.78, 5) is 4.38. The standard InChI is InChI=1S/C15H23N3O/c1-9-4-5-13(6-10(9)2)19-14-8-12(15(16)17)7-11(3)18-14/h7-10,13H,4-6H2,1-3H3,(H3,16,17). The predicted molar refractivity (Wildman–Crippen MR) is 76.6 cm³/mol. The topological polar surface area (TPSA) is 72.0 Å². The number of nitrogens with one attached hydrogen (secondary N) is 1. The highest BCUT2D eigenvalue weighted by Crippen LogP contribution is 2.31. The molecule has 4 heteroatoms. The molecule has 3 atom stereocenters. The Morgan fingerprint density at radius 1 is 1.32 bits per heavy atom. The number of nitrogen functional groups attached to an aromatic ring is 1. The lowest BCUT2D eigenvalue weighted by atomic mass is 9.80. The number of nitrogens with two attached hydrogens (primary N) is 1. The zero-order valence-electron chi connectivity index (χ0n) is 11.9. The fraction of sp³-hybridized carbons (Fsp3) is 0.600. The Labute approximate surface area is 114 Å². The summed E-state index contributed by atoms with van der Waals surface area (Å²) >= 11 is 0. The van der Waals surface area contributed by atoms with Crippen LogP contribution in [0.15, 0.2) is 12.1 Å². The second-order valence-corrected chi connectivity index (χ2v) is 5.76. The van der Waals surface area contributed by atoms with E-state index in [4.69, 9.17) is 15.9 Å². The molecule has 0 amide bonds. The predicted octanol–water partition coefficient (Wildman–Crippen LogP) is 2.88. The number of hydrogen-bond donors (Lipinski definition) is 2. The van der Waals surface area contributed by atoms with E-state index in [9.17, 15) is 0 Å². The third kappa shape index (κ3) is 3.46. The van der Waals surface area contributed by atoms with Crippen molar-refractivity contribution in [2.45, 2.75) is 46.1 Å². The van der Waals surface area contributed by atoms with E-state index >= 15 is 0 Å². The van der Waals surface area contributed by atoms with Gasteiger partial charge in [0, 0.05) is 17.3 Å². The van der Waals surface area contributed by atoms with Crippen molar-refractivity contribution >= 4 is 5.84 Å². The molecule has 1 heterocycles. The van der Waals surface area contributed by atoms with Gasteiger partial charge < -0.3 is 10.5 Å². The summed E-state index contributed by atoms with van der Waals surface area (Å²) < 4.78 is 5.98. The van der Waals surface area contributed by atoms with E-state index < -0.39 is 0 Å². The molecule has 0 saturated heterocycles. The Morgan fingerprint density at radius 3 is 2.68 bits per heavy atom. The summed E-state index contributed by atoms with van der Waals surface area (Å²) in [6, 6.07) is 3.57. The highest BCUT2D eigenvalue weighted by atomic mass is 16.5. The number of aryl methyl sites for hydroxylation is 1. The minimum absolute atomic E-state index is 0.0565. The molecular weight excluding hydrogens is 238 g/mol. The molecule has 0 spiro atoms. The van der Waals surface area contributed by atoms with Gasteiger partial charge in [0.25, 0.3) is 0 Å². The molecule has 3 N–H and O–H groups in total. The quantitative estimate of drug-likeness (QED) is 0.649. The molecule has 19 heavy (non-hydrogen) atoms. The maximum absolute atomic E-state index is 7.50. The van der Waals surface area contributed by atoms with Crippen molar-refractivity contribution in [3.05, 3.63) is 23.4 Å². The van der Waals surface area contributed by atoms with Crippen LogP contribution in [-0.4, -0.2) is 16.9 Å². The normalized spacial score (nSPS) is 27.0. The number of ether oxygens (including phenoxy) is 1. The minimum Gasteiger partial charge on any atom is -0.474 e. The smallest absolute Gasteiger partial charge is 0.214 e. The fourth-order valence-electron chi connectivity index (χ4n) is 2.63. The van der Waals surface area contributed by atoms with E-state index in [0.29, 0.717) is 17.4 Å². The summed E-state index contributed by atoms with van der Waals surface area (Å²) in [5.41, 5.74) is 7.04. The van der Waals surface area contributed by atoms with Gasteiger partial charge >= 0.3 is 0 Å². The van der Waals surface area contributed by atoms with Gasteiger partial charge in [0.1, 0.15) is 11.9 Å². The first-order valence-electron chi connectivity index (χ1n) is 6.95. The molecule has 1 saturated carbocycles. The first-order valence-corrected chi connectivity index (χ1v) is 6.95. The largest absolute Gasteiger partial charge is 0.474 e. The van der Waals surface area contributed by atoms with Crippen LogP contribution in [0.2, 0.25) is 0 Å². The molecule has 1 fully saturated rings. The summed E-state index contributed by atoms with van der Waals surface area (Å²) in [5, 5.41) is 7.50. The fourth-order valence-corrected chi connectivity index (χ4v) is 2.63. The van der Waals surface area contributed by atoms with Crippen LogP contribution in [0.1, 0.15) is 44.4 Å². The van der Waals surface area contributed by atoms with Gasteiger partial charge in [-0.3, -0.25) is 5.41 Å². The van der Waals surface area contributed by atoms with Gasteiger partial charge in [0.2, 0.25) is 5.88 Å². The minimum atomic E-state index is 0.0565. The number of pyridine rings is 1. The average Bonchev–Trinajstić information content (AvgIpc) is 2.33. The van der Waals surface area contributed by atoms with Gasteiger partial charge in [-0.15, -0.1) is 0 Å². The van der Waals surface area contributed by atoms with Crippen molar-refractivity contribution in [1.82, 2.24) is 4.98 Å². The van der Waals surface area contributed by atoms with Gasteiger partial charge in [-0.25, -0.2) is 4.98 Å². The van der Waals surface area contributed by atoms with Crippen LogP contribution in [0.4, 0.5) is 0 Å². The Kier molecular flexibility index (Phi) is 4.08. The molecule has 1 aromatic rings. The maximum atomic E-state index is 7.50. The zero-order valence-corrected chi connectivity index (χ0v) is 11.9. The number of hydrogen-bond acceptors (Lipinski definition) is 3. The van der Waals surface area contributed by atoms with Crippen LogP contribution >= 0.6 is 0 Å². The van der Waals surface area contributed by atoms with E-state index in [-0.39, 0.29) is 11.9 Å². The number of rotatable bonds is 3. The highest BCUT2D eigenvalue weighted by molar-refractivity contribution is 5.95. The monoisotopic (exact) mass is 261 g/mol. The van der Waals surface area contributed by atoms with Crippen molar-refractivity contribution < 1.29 is 4.74 Å². The molecule has 4 nitrogen and oxygen atoms in total. The van der Waals surface area contributed by atoms with Crippen LogP contribution in [-0.2, 0) is 0 Å². The van der Waals surface area contributed by atoms with Crippen molar-refractivity contribution in [3.63, 3.8) is 0 Å². The number of aromatic nitrogens is 1. The van der Waals surface area contributed by atoms with Crippen LogP contribution in [0.25, 0.3) is 0 Å². The average molecular weight is 261 g/mol. The van der Waals surface area contributed by atoms with Crippen LogP contribution in [0.5, 0.6) is 5.88 Å². The SMILES string of the molecule is Cc1cc(C(=N)N)cc(OC2CCC(C)C(C)C2)n1. The van der Waals surface area contributed by atoms with Crippen LogP contribution in [0, 0.1) is 24.2 Å². The molecule has 1 aliphatic carbocycles. The summed E-state index contributed by atoms with van der Waals surface area (Å²) in [6.45, 7) is 6.48. The van der Waals surface area contributed by atoms with Crippen molar-refractivity contribution in [2.24, 2.45) is 17.6 Å². The second kappa shape index (κ2) is 5.59. The third-order valence-corrected chi connectivity index (χ3v) is 4.08. The molecule has 0 aliphatic heterocycles. The van der Waals surface area contributed by atoms with Gasteiger partial charge in [-0.2, -0.15) is 0 Å². The molecule has 0 radical (unpaired) electrons. The molecule has 2 rings (SSSR count). The number of amidine groups is 1. The molecule has 1 aliphatic rings. The maximum Gasteiger partial charge on any atom is 0.214 e. The van der Waals surface area contributed by atoms with Gasteiger partial charge in [0.15, 0.2) is 0 Å². The summed E-state index contributed by atoms with van der Waals surface area (Å²) in [5.74, 6) is 2.12. The van der Waals surface area contributed by atoms with Crippen molar-refractivity contribution in [1.29, 1.82) is 5.41 Å². The molecule has 3 unspecified atom stereocenters. The first kappa shape index (κ1) is 13.8. The summed E-state index contributed by atoms with van der Waals surface area (Å²) in [6.07, 6.45) is 3.60. The molecular formula is C15H23N3O. The van der Waals surface area contributed by atoms with Gasteiger partial charge in [-0.05, 0) is 44.1 Å². The van der Waals surface area contributed by atoms with Gasteiger partial charge in [0.05, 0.1) is 0 Å². The molecule has 0 aromatic carbocycles. The molecule has 0 bridgehead atoms. The Bertz CT molecular complexity index is 472. The lowest BCUT2D eigenvalue weighted by Gasteiger charge is -2.32. The van der Waals surface area contributed by atoms with E-state index in [0.717, 1.165) is 24.5 Å².